The Morgan fingerprint density at radius 1 is 0.967 bits per heavy atom. The Kier molecular flexibility index (Phi) is 5.32. The van der Waals surface area contributed by atoms with Crippen LogP contribution in [0.25, 0.3) is 10.9 Å². The molecule has 0 fully saturated rings. The number of nitrogens with zero attached hydrogens (tertiary/aromatic N) is 1. The van der Waals surface area contributed by atoms with E-state index in [1.807, 2.05) is 0 Å². The van der Waals surface area contributed by atoms with E-state index in [1.165, 1.54) is 54.9 Å². The van der Waals surface area contributed by atoms with Gasteiger partial charge in [-0.3, -0.25) is 4.79 Å². The zero-order valence-corrected chi connectivity index (χ0v) is 16.4. The second-order valence-corrected chi connectivity index (χ2v) is 8.09. The number of benzene rings is 2. The summed E-state index contributed by atoms with van der Waals surface area (Å²) in [5, 5.41) is 30.9. The molecule has 3 N–H and O–H groups in total. The van der Waals surface area contributed by atoms with Gasteiger partial charge in [0.1, 0.15) is 0 Å². The number of pyridine rings is 1. The average Bonchev–Trinajstić information content (AvgIpc) is 2.65. The topological polar surface area (TPSA) is 82.7 Å². The summed E-state index contributed by atoms with van der Waals surface area (Å²) in [6.07, 6.45) is -4.57. The molecule has 0 aliphatic rings. The van der Waals surface area contributed by atoms with Crippen LogP contribution in [0.4, 0.5) is 13.2 Å². The molecule has 1 heterocycles. The number of aliphatic hydroxyl groups is 1. The van der Waals surface area contributed by atoms with Gasteiger partial charge in [-0.1, -0.05) is 38.1 Å². The highest BCUT2D eigenvalue weighted by atomic mass is 19.4. The van der Waals surface area contributed by atoms with Crippen LogP contribution in [0, 0.1) is 0 Å². The number of para-hydroxylation sites is 2. The number of hydrogen-bond acceptors (Lipinski definition) is 4. The first-order chi connectivity index (χ1) is 13.9. The number of aromatic hydroxyl groups is 2. The van der Waals surface area contributed by atoms with Gasteiger partial charge in [0, 0.05) is 23.2 Å². The summed E-state index contributed by atoms with van der Waals surface area (Å²) in [6, 6.07) is 11.4. The average molecular weight is 421 g/mol. The first-order valence-electron chi connectivity index (χ1n) is 9.24. The number of alkyl halides is 3. The number of phenols is 2. The largest absolute Gasteiger partial charge is 0.504 e. The minimum absolute atomic E-state index is 0.0786. The predicted octanol–water partition coefficient (Wildman–Crippen LogP) is 4.07. The summed E-state index contributed by atoms with van der Waals surface area (Å²) in [7, 11) is 0. The van der Waals surface area contributed by atoms with Crippen molar-refractivity contribution in [3.05, 3.63) is 70.5 Å². The van der Waals surface area contributed by atoms with Crippen molar-refractivity contribution in [3.63, 3.8) is 0 Å². The van der Waals surface area contributed by atoms with Crippen LogP contribution in [0.3, 0.4) is 0 Å². The number of fused-ring (bicyclic) bond motifs is 1. The highest BCUT2D eigenvalue weighted by molar-refractivity contribution is 5.78. The Morgan fingerprint density at radius 2 is 1.63 bits per heavy atom. The van der Waals surface area contributed by atoms with Crippen molar-refractivity contribution in [1.82, 2.24) is 4.57 Å². The second kappa shape index (κ2) is 7.36. The van der Waals surface area contributed by atoms with Crippen LogP contribution < -0.4 is 5.43 Å². The highest BCUT2D eigenvalue weighted by Gasteiger charge is 2.56. The molecule has 160 valence electrons. The van der Waals surface area contributed by atoms with E-state index in [1.54, 1.807) is 12.1 Å². The summed E-state index contributed by atoms with van der Waals surface area (Å²) in [5.74, 6) is -0.983. The molecule has 5 nitrogen and oxygen atoms in total. The van der Waals surface area contributed by atoms with Crippen molar-refractivity contribution in [2.45, 2.75) is 44.0 Å². The zero-order valence-electron chi connectivity index (χ0n) is 16.4. The number of halogens is 3. The van der Waals surface area contributed by atoms with Crippen molar-refractivity contribution < 1.29 is 28.5 Å². The molecule has 8 heteroatoms. The van der Waals surface area contributed by atoms with Crippen molar-refractivity contribution in [2.24, 2.45) is 0 Å². The van der Waals surface area contributed by atoms with Gasteiger partial charge in [-0.15, -0.1) is 0 Å². The maximum Gasteiger partial charge on any atom is 0.418 e. The molecule has 3 rings (SSSR count). The second-order valence-electron chi connectivity index (χ2n) is 8.09. The molecule has 3 aromatic rings. The molecule has 1 aromatic heterocycles. The Bertz CT molecular complexity index is 1140. The molecule has 0 aliphatic heterocycles. The van der Waals surface area contributed by atoms with Crippen molar-refractivity contribution in [1.29, 1.82) is 0 Å². The molecule has 0 aliphatic carbocycles. The van der Waals surface area contributed by atoms with E-state index in [4.69, 9.17) is 0 Å². The molecular formula is C22H22F3NO4. The molecule has 30 heavy (non-hydrogen) atoms. The highest BCUT2D eigenvalue weighted by Crippen LogP contribution is 2.45. The summed E-state index contributed by atoms with van der Waals surface area (Å²) < 4.78 is 43.4. The van der Waals surface area contributed by atoms with Gasteiger partial charge in [0.25, 0.3) is 0 Å². The first-order valence-corrected chi connectivity index (χ1v) is 9.24. The van der Waals surface area contributed by atoms with Crippen LogP contribution in [-0.4, -0.2) is 31.7 Å². The molecule has 0 radical (unpaired) electrons. The molecule has 1 unspecified atom stereocenters. The quantitative estimate of drug-likeness (QED) is 0.543. The molecule has 1 atom stereocenters. The molecule has 0 saturated carbocycles. The molecule has 0 saturated heterocycles. The third-order valence-corrected chi connectivity index (χ3v) is 5.32. The van der Waals surface area contributed by atoms with E-state index in [9.17, 15) is 33.3 Å². The lowest BCUT2D eigenvalue weighted by atomic mass is 9.74. The Hall–Kier alpha value is -3.00. The van der Waals surface area contributed by atoms with Crippen LogP contribution in [0.1, 0.15) is 25.8 Å². The fourth-order valence-corrected chi connectivity index (χ4v) is 3.83. The fourth-order valence-electron chi connectivity index (χ4n) is 3.83. The molecule has 0 bridgehead atoms. The molecular weight excluding hydrogens is 399 g/mol. The first kappa shape index (κ1) is 21.7. The van der Waals surface area contributed by atoms with Gasteiger partial charge >= 0.3 is 6.18 Å². The van der Waals surface area contributed by atoms with Crippen LogP contribution in [0.2, 0.25) is 0 Å². The minimum atomic E-state index is -5.00. The standard InChI is InChI=1S/C22H22F3NO4/c1-20(2,15-7-5-9-18(28)19(15)29)12-21(30,22(23,24)25)13-26-11-10-17(27)14-6-3-4-8-16(14)26/h3-11,28-30H,12-13H2,1-2H3. The monoisotopic (exact) mass is 421 g/mol. The van der Waals surface area contributed by atoms with Gasteiger partial charge < -0.3 is 19.9 Å². The van der Waals surface area contributed by atoms with Crippen LogP contribution in [0.15, 0.2) is 59.5 Å². The maximum atomic E-state index is 14.1. The van der Waals surface area contributed by atoms with Gasteiger partial charge in [-0.25, -0.2) is 0 Å². The van der Waals surface area contributed by atoms with Crippen LogP contribution >= 0.6 is 0 Å². The lowest BCUT2D eigenvalue weighted by Gasteiger charge is -2.38. The maximum absolute atomic E-state index is 14.1. The lowest BCUT2D eigenvalue weighted by Crippen LogP contribution is -2.52. The van der Waals surface area contributed by atoms with E-state index in [2.05, 4.69) is 0 Å². The van der Waals surface area contributed by atoms with Gasteiger partial charge in [0.05, 0.1) is 12.1 Å². The fraction of sp³-hybridized carbons (Fsp3) is 0.318. The summed E-state index contributed by atoms with van der Waals surface area (Å²) in [4.78, 5) is 12.0. The van der Waals surface area contributed by atoms with E-state index in [0.29, 0.717) is 0 Å². The van der Waals surface area contributed by atoms with Gasteiger partial charge in [-0.2, -0.15) is 13.2 Å². The third-order valence-electron chi connectivity index (χ3n) is 5.32. The number of phenolic OH excluding ortho intramolecular Hbond substituents is 2. The van der Waals surface area contributed by atoms with E-state index >= 15 is 0 Å². The minimum Gasteiger partial charge on any atom is -0.504 e. The number of hydrogen-bond donors (Lipinski definition) is 3. The van der Waals surface area contributed by atoms with Crippen molar-refractivity contribution in [3.8, 4) is 11.5 Å². The Labute approximate surface area is 170 Å². The van der Waals surface area contributed by atoms with Gasteiger partial charge in [0.2, 0.25) is 0 Å². The van der Waals surface area contributed by atoms with E-state index < -0.39 is 41.7 Å². The smallest absolute Gasteiger partial charge is 0.418 e. The normalized spacial score (nSPS) is 14.6. The van der Waals surface area contributed by atoms with Crippen molar-refractivity contribution in [2.75, 3.05) is 0 Å². The van der Waals surface area contributed by atoms with Crippen LogP contribution in [-0.2, 0) is 12.0 Å². The van der Waals surface area contributed by atoms with E-state index in [0.717, 1.165) is 6.07 Å². The summed E-state index contributed by atoms with van der Waals surface area (Å²) in [5.41, 5.74) is -4.50. The zero-order chi connectivity index (χ0) is 22.3. The lowest BCUT2D eigenvalue weighted by molar-refractivity contribution is -0.271. The number of rotatable bonds is 5. The predicted molar refractivity (Wildman–Crippen MR) is 107 cm³/mol. The summed E-state index contributed by atoms with van der Waals surface area (Å²) in [6.45, 7) is 2.05. The SMILES string of the molecule is CC(C)(CC(O)(Cn1ccc(=O)c2ccccc21)C(F)(F)F)c1cccc(O)c1O. The summed E-state index contributed by atoms with van der Waals surface area (Å²) >= 11 is 0. The van der Waals surface area contributed by atoms with Crippen molar-refractivity contribution >= 4 is 10.9 Å². The van der Waals surface area contributed by atoms with Gasteiger partial charge in [-0.05, 0) is 30.0 Å². The molecule has 0 amide bonds. The molecule has 2 aromatic carbocycles. The third kappa shape index (κ3) is 3.87. The Balaban J connectivity index is 2.07. The van der Waals surface area contributed by atoms with Gasteiger partial charge in [0.15, 0.2) is 22.5 Å². The van der Waals surface area contributed by atoms with Crippen LogP contribution in [0.5, 0.6) is 11.5 Å². The van der Waals surface area contributed by atoms with E-state index in [-0.39, 0.29) is 21.9 Å². The molecule has 0 spiro atoms. The Morgan fingerprint density at radius 3 is 2.30 bits per heavy atom. The number of aromatic nitrogens is 1.